The quantitative estimate of drug-likeness (QED) is 0.866. The Balaban J connectivity index is 1.72. The Morgan fingerprint density at radius 2 is 2.06 bits per heavy atom. The van der Waals surface area contributed by atoms with Crippen molar-refractivity contribution < 1.29 is 0 Å². The van der Waals surface area contributed by atoms with Gasteiger partial charge in [-0.05, 0) is 26.1 Å². The van der Waals surface area contributed by atoms with Crippen LogP contribution in [0.1, 0.15) is 10.6 Å². The van der Waals surface area contributed by atoms with Gasteiger partial charge in [-0.2, -0.15) is 0 Å². The van der Waals surface area contributed by atoms with Gasteiger partial charge in [-0.25, -0.2) is 4.98 Å². The second-order valence-corrected chi connectivity index (χ2v) is 5.33. The maximum atomic E-state index is 4.27. The Kier molecular flexibility index (Phi) is 4.73. The van der Waals surface area contributed by atoms with Gasteiger partial charge in [0.2, 0.25) is 0 Å². The number of nitrogens with zero attached hydrogens (tertiary/aromatic N) is 2. The third-order valence-corrected chi connectivity index (χ3v) is 3.77. The Bertz CT molecular complexity index is 467. The monoisotopic (exact) mass is 261 g/mol. The number of rotatable bonds is 6. The summed E-state index contributed by atoms with van der Waals surface area (Å²) < 4.78 is 0. The number of aromatic nitrogens is 1. The molecule has 0 fully saturated rings. The first-order chi connectivity index (χ1) is 8.75. The smallest absolute Gasteiger partial charge is 0.0798 e. The highest BCUT2D eigenvalue weighted by Gasteiger charge is 2.05. The van der Waals surface area contributed by atoms with Gasteiger partial charge in [0.1, 0.15) is 0 Å². The third kappa shape index (κ3) is 3.82. The zero-order valence-electron chi connectivity index (χ0n) is 10.9. The lowest BCUT2D eigenvalue weighted by atomic mass is 10.3. The number of thiazole rings is 1. The first kappa shape index (κ1) is 13.1. The molecule has 96 valence electrons. The van der Waals surface area contributed by atoms with E-state index in [-0.39, 0.29) is 0 Å². The minimum absolute atomic E-state index is 0.957. The number of aryl methyl sites for hydroxylation is 1. The molecule has 0 radical (unpaired) electrons. The molecule has 1 N–H and O–H groups in total. The van der Waals surface area contributed by atoms with Gasteiger partial charge < -0.3 is 5.32 Å². The van der Waals surface area contributed by atoms with E-state index in [2.05, 4.69) is 41.3 Å². The van der Waals surface area contributed by atoms with Crippen LogP contribution in [0.2, 0.25) is 0 Å². The summed E-state index contributed by atoms with van der Waals surface area (Å²) in [5.74, 6) is 0. The molecule has 3 nitrogen and oxygen atoms in total. The van der Waals surface area contributed by atoms with Gasteiger partial charge in [0.05, 0.1) is 11.2 Å². The van der Waals surface area contributed by atoms with Crippen LogP contribution in [-0.2, 0) is 6.54 Å². The average molecular weight is 261 g/mol. The molecule has 1 aromatic heterocycles. The molecule has 0 bridgehead atoms. The number of hydrogen-bond acceptors (Lipinski definition) is 4. The number of hydrogen-bond donors (Lipinski definition) is 1. The van der Waals surface area contributed by atoms with Gasteiger partial charge in [0.15, 0.2) is 0 Å². The molecule has 0 saturated heterocycles. The van der Waals surface area contributed by atoms with Crippen molar-refractivity contribution in [1.82, 2.24) is 9.88 Å². The van der Waals surface area contributed by atoms with E-state index in [1.54, 1.807) is 11.3 Å². The summed E-state index contributed by atoms with van der Waals surface area (Å²) in [5, 5.41) is 3.42. The largest absolute Gasteiger partial charge is 0.384 e. The van der Waals surface area contributed by atoms with Crippen LogP contribution in [0.15, 0.2) is 35.8 Å². The van der Waals surface area contributed by atoms with Crippen LogP contribution >= 0.6 is 11.3 Å². The first-order valence-corrected chi connectivity index (χ1v) is 7.00. The summed E-state index contributed by atoms with van der Waals surface area (Å²) in [5.41, 5.74) is 4.25. The van der Waals surface area contributed by atoms with E-state index in [0.29, 0.717) is 0 Å². The molecule has 2 rings (SSSR count). The molecule has 0 aliphatic heterocycles. The fourth-order valence-electron chi connectivity index (χ4n) is 1.75. The van der Waals surface area contributed by atoms with Crippen LogP contribution in [0.25, 0.3) is 0 Å². The van der Waals surface area contributed by atoms with Crippen molar-refractivity contribution in [3.05, 3.63) is 46.4 Å². The fourth-order valence-corrected chi connectivity index (χ4v) is 2.61. The molecule has 1 heterocycles. The molecular formula is C14H19N3S. The second kappa shape index (κ2) is 6.52. The number of para-hydroxylation sites is 1. The summed E-state index contributed by atoms with van der Waals surface area (Å²) in [6.07, 6.45) is 0. The lowest BCUT2D eigenvalue weighted by Crippen LogP contribution is -2.24. The van der Waals surface area contributed by atoms with Crippen molar-refractivity contribution in [1.29, 1.82) is 0 Å². The van der Waals surface area contributed by atoms with Gasteiger partial charge in [0, 0.05) is 30.2 Å². The highest BCUT2D eigenvalue weighted by atomic mass is 32.1. The molecule has 0 aliphatic carbocycles. The van der Waals surface area contributed by atoms with Crippen LogP contribution in [0.4, 0.5) is 5.69 Å². The highest BCUT2D eigenvalue weighted by Crippen LogP contribution is 2.13. The Morgan fingerprint density at radius 1 is 1.28 bits per heavy atom. The van der Waals surface area contributed by atoms with E-state index >= 15 is 0 Å². The highest BCUT2D eigenvalue weighted by molar-refractivity contribution is 7.09. The SMILES string of the molecule is Cc1ncsc1CN(C)CCNc1ccccc1. The van der Waals surface area contributed by atoms with Gasteiger partial charge in [-0.15, -0.1) is 11.3 Å². The van der Waals surface area contributed by atoms with Crippen molar-refractivity contribution >= 4 is 17.0 Å². The van der Waals surface area contributed by atoms with Gasteiger partial charge >= 0.3 is 0 Å². The van der Waals surface area contributed by atoms with E-state index < -0.39 is 0 Å². The van der Waals surface area contributed by atoms with Crippen molar-refractivity contribution in [2.75, 3.05) is 25.5 Å². The Labute approximate surface area is 112 Å². The van der Waals surface area contributed by atoms with Gasteiger partial charge in [-0.3, -0.25) is 4.90 Å². The number of likely N-dealkylation sites (N-methyl/N-ethyl adjacent to an activating group) is 1. The molecule has 2 aromatic rings. The Morgan fingerprint density at radius 3 is 2.72 bits per heavy atom. The van der Waals surface area contributed by atoms with Gasteiger partial charge in [-0.1, -0.05) is 18.2 Å². The first-order valence-electron chi connectivity index (χ1n) is 6.12. The average Bonchev–Trinajstić information content (AvgIpc) is 2.76. The summed E-state index contributed by atoms with van der Waals surface area (Å²) in [4.78, 5) is 7.95. The van der Waals surface area contributed by atoms with Crippen LogP contribution in [0, 0.1) is 6.92 Å². The van der Waals surface area contributed by atoms with Crippen molar-refractivity contribution in [2.24, 2.45) is 0 Å². The fraction of sp³-hybridized carbons (Fsp3) is 0.357. The second-order valence-electron chi connectivity index (χ2n) is 4.39. The Hall–Kier alpha value is -1.39. The van der Waals surface area contributed by atoms with Crippen LogP contribution in [0.3, 0.4) is 0 Å². The summed E-state index contributed by atoms with van der Waals surface area (Å²) in [6, 6.07) is 10.3. The summed E-state index contributed by atoms with van der Waals surface area (Å²) >= 11 is 1.73. The number of benzene rings is 1. The van der Waals surface area contributed by atoms with Crippen LogP contribution in [-0.4, -0.2) is 30.0 Å². The standard InChI is InChI=1S/C14H19N3S/c1-12-14(18-11-16-12)10-17(2)9-8-15-13-6-4-3-5-7-13/h3-7,11,15H,8-10H2,1-2H3. The zero-order chi connectivity index (χ0) is 12.8. The maximum Gasteiger partial charge on any atom is 0.0798 e. The molecule has 4 heteroatoms. The predicted molar refractivity (Wildman–Crippen MR) is 78.1 cm³/mol. The minimum atomic E-state index is 0.957. The van der Waals surface area contributed by atoms with Crippen molar-refractivity contribution in [3.8, 4) is 0 Å². The predicted octanol–water partition coefficient (Wildman–Crippen LogP) is 3.00. The zero-order valence-corrected chi connectivity index (χ0v) is 11.7. The molecule has 0 aliphatic rings. The molecule has 0 unspecified atom stereocenters. The maximum absolute atomic E-state index is 4.27. The lowest BCUT2D eigenvalue weighted by molar-refractivity contribution is 0.342. The summed E-state index contributed by atoms with van der Waals surface area (Å²) in [7, 11) is 2.14. The van der Waals surface area contributed by atoms with E-state index in [1.165, 1.54) is 10.6 Å². The van der Waals surface area contributed by atoms with Crippen molar-refractivity contribution in [2.45, 2.75) is 13.5 Å². The molecule has 18 heavy (non-hydrogen) atoms. The van der Waals surface area contributed by atoms with Gasteiger partial charge in [0.25, 0.3) is 0 Å². The van der Waals surface area contributed by atoms with E-state index in [9.17, 15) is 0 Å². The molecular weight excluding hydrogens is 242 g/mol. The lowest BCUT2D eigenvalue weighted by Gasteiger charge is -2.16. The number of nitrogens with one attached hydrogen (secondary N) is 1. The van der Waals surface area contributed by atoms with E-state index in [0.717, 1.165) is 25.3 Å². The topological polar surface area (TPSA) is 28.2 Å². The number of anilines is 1. The normalized spacial score (nSPS) is 10.8. The molecule has 0 saturated carbocycles. The van der Waals surface area contributed by atoms with E-state index in [4.69, 9.17) is 0 Å². The third-order valence-electron chi connectivity index (χ3n) is 2.85. The van der Waals surface area contributed by atoms with E-state index in [1.807, 2.05) is 23.7 Å². The molecule has 0 amide bonds. The minimum Gasteiger partial charge on any atom is -0.384 e. The van der Waals surface area contributed by atoms with Crippen LogP contribution in [0.5, 0.6) is 0 Å². The molecule has 1 aromatic carbocycles. The molecule has 0 spiro atoms. The van der Waals surface area contributed by atoms with Crippen molar-refractivity contribution in [3.63, 3.8) is 0 Å². The summed E-state index contributed by atoms with van der Waals surface area (Å²) in [6.45, 7) is 5.03. The van der Waals surface area contributed by atoms with Crippen LogP contribution < -0.4 is 5.32 Å². The molecule has 0 atom stereocenters.